The third-order valence-corrected chi connectivity index (χ3v) is 10.1. The van der Waals surface area contributed by atoms with Gasteiger partial charge in [0.1, 0.15) is 0 Å². The third-order valence-electron chi connectivity index (χ3n) is 9.07. The van der Waals surface area contributed by atoms with Gasteiger partial charge in [0.15, 0.2) is 0 Å². The van der Waals surface area contributed by atoms with Gasteiger partial charge in [0.25, 0.3) is 0 Å². The van der Waals surface area contributed by atoms with Gasteiger partial charge >= 0.3 is 7.82 Å². The summed E-state index contributed by atoms with van der Waals surface area (Å²) >= 11 is 0. The van der Waals surface area contributed by atoms with Crippen molar-refractivity contribution in [2.45, 2.75) is 174 Å². The minimum Gasteiger partial charge on any atom is -0.387 e. The van der Waals surface area contributed by atoms with E-state index in [1.807, 2.05) is 18.2 Å². The lowest BCUT2D eigenvalue weighted by Gasteiger charge is -2.23. The highest BCUT2D eigenvalue weighted by Gasteiger charge is 2.26. The highest BCUT2D eigenvalue weighted by Crippen LogP contribution is 2.43. The fourth-order valence-corrected chi connectivity index (χ4v) is 6.47. The van der Waals surface area contributed by atoms with Crippen LogP contribution in [0.5, 0.6) is 0 Å². The number of rotatable bonds is 40. The quantitative estimate of drug-likeness (QED) is 0.0275. The average Bonchev–Trinajstić information content (AvgIpc) is 3.21. The van der Waals surface area contributed by atoms with E-state index in [9.17, 15) is 19.4 Å². The van der Waals surface area contributed by atoms with E-state index < -0.39 is 26.6 Å². The molecule has 0 radical (unpaired) electrons. The maximum Gasteiger partial charge on any atom is 0.472 e. The largest absolute Gasteiger partial charge is 0.472 e. The summed E-state index contributed by atoms with van der Waals surface area (Å²) < 4.78 is 22.1. The van der Waals surface area contributed by atoms with Gasteiger partial charge in [-0.25, -0.2) is 4.57 Å². The first kappa shape index (κ1) is 55.2. The Labute approximate surface area is 354 Å². The molecule has 0 fully saturated rings. The summed E-state index contributed by atoms with van der Waals surface area (Å²) in [5, 5.41) is 13.6. The van der Waals surface area contributed by atoms with Gasteiger partial charge in [-0.15, -0.1) is 0 Å². The summed E-state index contributed by atoms with van der Waals surface area (Å²) in [6.07, 6.45) is 61.6. The van der Waals surface area contributed by atoms with E-state index in [1.54, 1.807) is 6.08 Å². The summed E-state index contributed by atoms with van der Waals surface area (Å²) in [5.74, 6) is -0.295. The molecule has 8 nitrogen and oxygen atoms in total. The molecule has 58 heavy (non-hydrogen) atoms. The molecule has 0 aromatic carbocycles. The number of unbranched alkanes of at least 4 members (excludes halogenated alkanes) is 12. The Morgan fingerprint density at radius 2 is 1.02 bits per heavy atom. The van der Waals surface area contributed by atoms with Crippen molar-refractivity contribution >= 4 is 13.7 Å². The third kappa shape index (κ3) is 41.3. The summed E-state index contributed by atoms with van der Waals surface area (Å²) in [6, 6.07) is -0.932. The summed E-state index contributed by atoms with van der Waals surface area (Å²) in [7, 11) is -4.38. The van der Waals surface area contributed by atoms with Crippen LogP contribution in [0.1, 0.15) is 162 Å². The fraction of sp³-hybridized carbons (Fsp3) is 0.612. The number of carbonyl (C=O) groups is 1. The number of nitrogens with one attached hydrogen (secondary N) is 1. The Morgan fingerprint density at radius 1 is 0.586 bits per heavy atom. The Balaban J connectivity index is 4.43. The van der Waals surface area contributed by atoms with Crippen LogP contribution in [0.15, 0.2) is 109 Å². The van der Waals surface area contributed by atoms with Crippen LogP contribution in [0, 0.1) is 0 Å². The van der Waals surface area contributed by atoms with Gasteiger partial charge in [-0.3, -0.25) is 13.8 Å². The first-order valence-corrected chi connectivity index (χ1v) is 24.0. The highest BCUT2D eigenvalue weighted by molar-refractivity contribution is 7.47. The number of carbonyl (C=O) groups excluding carboxylic acids is 1. The first-order chi connectivity index (χ1) is 28.4. The van der Waals surface area contributed by atoms with Crippen molar-refractivity contribution < 1.29 is 28.4 Å². The van der Waals surface area contributed by atoms with Gasteiger partial charge < -0.3 is 21.1 Å². The number of phosphoric acid groups is 1. The molecule has 3 unspecified atom stereocenters. The number of aliphatic hydroxyl groups is 1. The summed E-state index contributed by atoms with van der Waals surface area (Å²) in [4.78, 5) is 22.7. The van der Waals surface area contributed by atoms with E-state index in [0.29, 0.717) is 12.8 Å². The first-order valence-electron chi connectivity index (χ1n) is 22.5. The number of phosphoric ester groups is 1. The zero-order chi connectivity index (χ0) is 42.5. The van der Waals surface area contributed by atoms with Crippen LogP contribution < -0.4 is 11.1 Å². The zero-order valence-electron chi connectivity index (χ0n) is 36.5. The molecule has 0 aromatic heterocycles. The predicted octanol–water partition coefficient (Wildman–Crippen LogP) is 12.9. The number of aliphatic hydroxyl groups excluding tert-OH is 1. The Morgan fingerprint density at radius 3 is 1.52 bits per heavy atom. The molecular formula is C49H83N2O6P. The second-order valence-electron chi connectivity index (χ2n) is 14.5. The van der Waals surface area contributed by atoms with Crippen LogP contribution in [0.25, 0.3) is 0 Å². The van der Waals surface area contributed by atoms with Crippen LogP contribution in [-0.2, 0) is 18.4 Å². The molecule has 330 valence electrons. The SMILES string of the molecule is CC/C=C\C/C=C\C/C=C\C/C=C\C/C=C\C/C=C\CCC(=O)NC(COP(=O)(O)OCCN)C(O)/C=C/CC/C=C/CC/C=C/CCCCCCCCCCCC. The molecular weight excluding hydrogens is 744 g/mol. The van der Waals surface area contributed by atoms with Gasteiger partial charge in [-0.05, 0) is 83.5 Å². The molecule has 0 aliphatic heterocycles. The van der Waals surface area contributed by atoms with Crippen molar-refractivity contribution in [1.82, 2.24) is 5.32 Å². The molecule has 0 spiro atoms. The van der Waals surface area contributed by atoms with Crippen molar-refractivity contribution in [2.24, 2.45) is 5.73 Å². The van der Waals surface area contributed by atoms with Crippen molar-refractivity contribution in [3.63, 3.8) is 0 Å². The van der Waals surface area contributed by atoms with E-state index in [0.717, 1.165) is 57.8 Å². The standard InChI is InChI=1S/C49H83N2O6P/c1-3-5-7-9-11-13-15-17-19-21-23-25-26-28-30-32-34-36-38-40-42-48(52)47(46-57-58(54,55)56-45-44-50)51-49(53)43-41-39-37-35-33-31-29-27-24-22-20-18-16-14-12-10-8-6-4-2/h6,8,12,14,18,20,24-27,31-34,37,39-40,42,47-48,52H,3-5,7,9-11,13,15-17,19,21-23,28-30,35-36,38,41,43-46,50H2,1-2H3,(H,51,53)(H,54,55)/b8-6-,14-12-,20-18-,26-25+,27-24-,33-31-,34-32+,39-37-,42-40+. The van der Waals surface area contributed by atoms with Crippen LogP contribution in [0.3, 0.4) is 0 Å². The minimum absolute atomic E-state index is 0.0542. The molecule has 3 atom stereocenters. The lowest BCUT2D eigenvalue weighted by Crippen LogP contribution is -2.45. The molecule has 0 aromatic rings. The maximum atomic E-state index is 12.7. The molecule has 0 aliphatic carbocycles. The Kier molecular flexibility index (Phi) is 41.6. The molecule has 5 N–H and O–H groups in total. The number of nitrogens with two attached hydrogens (primary N) is 1. The number of amides is 1. The second kappa shape index (κ2) is 43.7. The van der Waals surface area contributed by atoms with E-state index in [1.165, 1.54) is 70.6 Å². The minimum atomic E-state index is -4.38. The van der Waals surface area contributed by atoms with Gasteiger partial charge in [0.2, 0.25) is 5.91 Å². The monoisotopic (exact) mass is 827 g/mol. The van der Waals surface area contributed by atoms with Crippen molar-refractivity contribution in [3.05, 3.63) is 109 Å². The topological polar surface area (TPSA) is 131 Å². The van der Waals surface area contributed by atoms with E-state index >= 15 is 0 Å². The van der Waals surface area contributed by atoms with Crippen LogP contribution in [-0.4, -0.2) is 47.8 Å². The van der Waals surface area contributed by atoms with Crippen molar-refractivity contribution in [3.8, 4) is 0 Å². The molecule has 0 heterocycles. The van der Waals surface area contributed by atoms with Gasteiger partial charge in [-0.1, -0.05) is 181 Å². The highest BCUT2D eigenvalue weighted by atomic mass is 31.2. The predicted molar refractivity (Wildman–Crippen MR) is 249 cm³/mol. The molecule has 0 aliphatic rings. The molecule has 1 amide bonds. The van der Waals surface area contributed by atoms with Gasteiger partial charge in [0, 0.05) is 13.0 Å². The fourth-order valence-electron chi connectivity index (χ4n) is 5.71. The normalized spacial score (nSPS) is 15.1. The lowest BCUT2D eigenvalue weighted by molar-refractivity contribution is -0.122. The summed E-state index contributed by atoms with van der Waals surface area (Å²) in [5.41, 5.74) is 5.37. The summed E-state index contributed by atoms with van der Waals surface area (Å²) in [6.45, 7) is 3.91. The van der Waals surface area contributed by atoms with E-state index in [4.69, 9.17) is 14.8 Å². The molecule has 0 saturated heterocycles. The van der Waals surface area contributed by atoms with Crippen molar-refractivity contribution in [2.75, 3.05) is 19.8 Å². The lowest BCUT2D eigenvalue weighted by atomic mass is 10.1. The van der Waals surface area contributed by atoms with E-state index in [-0.39, 0.29) is 25.5 Å². The van der Waals surface area contributed by atoms with Crippen LogP contribution in [0.2, 0.25) is 0 Å². The van der Waals surface area contributed by atoms with E-state index in [2.05, 4.69) is 104 Å². The van der Waals surface area contributed by atoms with Crippen LogP contribution in [0.4, 0.5) is 0 Å². The molecule has 9 heteroatoms. The van der Waals surface area contributed by atoms with Gasteiger partial charge in [-0.2, -0.15) is 0 Å². The Bertz CT molecular complexity index is 1270. The van der Waals surface area contributed by atoms with Gasteiger partial charge in [0.05, 0.1) is 25.4 Å². The number of allylic oxidation sites excluding steroid dienone is 17. The molecule has 0 rings (SSSR count). The number of hydrogen-bond acceptors (Lipinski definition) is 6. The van der Waals surface area contributed by atoms with Crippen molar-refractivity contribution in [1.29, 1.82) is 0 Å². The smallest absolute Gasteiger partial charge is 0.387 e. The zero-order valence-corrected chi connectivity index (χ0v) is 37.4. The average molecular weight is 827 g/mol. The van der Waals surface area contributed by atoms with Crippen LogP contribution >= 0.6 is 7.82 Å². The number of hydrogen-bond donors (Lipinski definition) is 4. The Hall–Kier alpha value is -2.84. The second-order valence-corrected chi connectivity index (χ2v) is 16.0. The maximum absolute atomic E-state index is 12.7. The molecule has 0 saturated carbocycles. The molecule has 0 bridgehead atoms.